The number of pyridine rings is 1. The van der Waals surface area contributed by atoms with Crippen molar-refractivity contribution in [1.29, 1.82) is 0 Å². The van der Waals surface area contributed by atoms with Gasteiger partial charge in [-0.05, 0) is 49.7 Å². The molecule has 1 aromatic carbocycles. The molecule has 0 radical (unpaired) electrons. The number of carbonyl (C=O) groups excluding carboxylic acids is 2. The topological polar surface area (TPSA) is 68.3 Å². The number of rotatable bonds is 4. The standard InChI is InChI=1S/C22H26N2O3/c1-14-7-2-4-10-17(14)24-20(25)13-27-22(26)21-15-8-3-5-11-18(15)23-19-12-6-9-16(19)21/h3,5,8,11,14,17H,2,4,6-7,9-10,12-13H2,1H3,(H,24,25). The van der Waals surface area contributed by atoms with E-state index in [0.29, 0.717) is 11.5 Å². The Morgan fingerprint density at radius 1 is 1.15 bits per heavy atom. The summed E-state index contributed by atoms with van der Waals surface area (Å²) in [5, 5.41) is 3.85. The van der Waals surface area contributed by atoms with E-state index in [0.717, 1.165) is 60.7 Å². The van der Waals surface area contributed by atoms with Gasteiger partial charge in [0, 0.05) is 17.1 Å². The maximum Gasteiger partial charge on any atom is 0.339 e. The summed E-state index contributed by atoms with van der Waals surface area (Å²) < 4.78 is 5.42. The molecule has 2 atom stereocenters. The quantitative estimate of drug-likeness (QED) is 0.840. The van der Waals surface area contributed by atoms with Crippen molar-refractivity contribution in [3.63, 3.8) is 0 Å². The Morgan fingerprint density at radius 3 is 2.81 bits per heavy atom. The number of amides is 1. The van der Waals surface area contributed by atoms with Crippen molar-refractivity contribution in [2.24, 2.45) is 5.92 Å². The number of nitrogens with zero attached hydrogens (tertiary/aromatic N) is 1. The van der Waals surface area contributed by atoms with Crippen LogP contribution in [0.1, 0.15) is 60.6 Å². The van der Waals surface area contributed by atoms with Gasteiger partial charge in [-0.25, -0.2) is 4.79 Å². The van der Waals surface area contributed by atoms with Crippen LogP contribution in [0.2, 0.25) is 0 Å². The van der Waals surface area contributed by atoms with Gasteiger partial charge in [0.1, 0.15) is 0 Å². The third-order valence-electron chi connectivity index (χ3n) is 5.92. The highest BCUT2D eigenvalue weighted by Gasteiger charge is 2.26. The van der Waals surface area contributed by atoms with Crippen molar-refractivity contribution in [3.05, 3.63) is 41.1 Å². The Labute approximate surface area is 159 Å². The number of aromatic nitrogens is 1. The second-order valence-electron chi connectivity index (χ2n) is 7.79. The summed E-state index contributed by atoms with van der Waals surface area (Å²) >= 11 is 0. The lowest BCUT2D eigenvalue weighted by Crippen LogP contribution is -2.42. The van der Waals surface area contributed by atoms with Crippen molar-refractivity contribution in [3.8, 4) is 0 Å². The summed E-state index contributed by atoms with van der Waals surface area (Å²) in [4.78, 5) is 29.8. The van der Waals surface area contributed by atoms with Crippen molar-refractivity contribution < 1.29 is 14.3 Å². The Kier molecular flexibility index (Phi) is 5.10. The fraction of sp³-hybridized carbons (Fsp3) is 0.500. The lowest BCUT2D eigenvalue weighted by Gasteiger charge is -2.29. The van der Waals surface area contributed by atoms with Gasteiger partial charge < -0.3 is 10.1 Å². The minimum atomic E-state index is -0.418. The van der Waals surface area contributed by atoms with Crippen LogP contribution in [0.4, 0.5) is 0 Å². The molecule has 2 aromatic rings. The summed E-state index contributed by atoms with van der Waals surface area (Å²) in [7, 11) is 0. The van der Waals surface area contributed by atoms with E-state index in [2.05, 4.69) is 12.2 Å². The number of para-hydroxylation sites is 1. The second kappa shape index (κ2) is 7.67. The maximum absolute atomic E-state index is 12.8. The van der Waals surface area contributed by atoms with Crippen LogP contribution in [0, 0.1) is 5.92 Å². The zero-order valence-electron chi connectivity index (χ0n) is 15.8. The van der Waals surface area contributed by atoms with E-state index >= 15 is 0 Å². The molecule has 2 aliphatic rings. The lowest BCUT2D eigenvalue weighted by atomic mass is 9.86. The first-order chi connectivity index (χ1) is 13.1. The van der Waals surface area contributed by atoms with Gasteiger partial charge in [0.15, 0.2) is 6.61 Å². The number of esters is 1. The molecular weight excluding hydrogens is 340 g/mol. The molecule has 1 aromatic heterocycles. The van der Waals surface area contributed by atoms with Gasteiger partial charge >= 0.3 is 5.97 Å². The van der Waals surface area contributed by atoms with Gasteiger partial charge in [-0.15, -0.1) is 0 Å². The van der Waals surface area contributed by atoms with Crippen LogP contribution in [-0.4, -0.2) is 29.5 Å². The van der Waals surface area contributed by atoms with Crippen LogP contribution in [0.25, 0.3) is 10.9 Å². The van der Waals surface area contributed by atoms with Gasteiger partial charge in [-0.3, -0.25) is 9.78 Å². The van der Waals surface area contributed by atoms with Crippen LogP contribution in [0.3, 0.4) is 0 Å². The highest BCUT2D eigenvalue weighted by Crippen LogP contribution is 2.30. The third-order valence-corrected chi connectivity index (χ3v) is 5.92. The molecule has 0 bridgehead atoms. The minimum Gasteiger partial charge on any atom is -0.452 e. The number of carbonyl (C=O) groups is 2. The molecule has 1 heterocycles. The average Bonchev–Trinajstić information content (AvgIpc) is 3.14. The first-order valence-corrected chi connectivity index (χ1v) is 10.0. The van der Waals surface area contributed by atoms with Crippen LogP contribution in [0.5, 0.6) is 0 Å². The number of hydrogen-bond donors (Lipinski definition) is 1. The predicted octanol–water partition coefficient (Wildman–Crippen LogP) is 3.58. The molecule has 0 aliphatic heterocycles. The predicted molar refractivity (Wildman–Crippen MR) is 104 cm³/mol. The molecule has 5 heteroatoms. The lowest BCUT2D eigenvalue weighted by molar-refractivity contribution is -0.125. The van der Waals surface area contributed by atoms with Crippen LogP contribution < -0.4 is 5.32 Å². The van der Waals surface area contributed by atoms with Crippen molar-refractivity contribution in [2.45, 2.75) is 57.9 Å². The largest absolute Gasteiger partial charge is 0.452 e. The Morgan fingerprint density at radius 2 is 1.96 bits per heavy atom. The van der Waals surface area contributed by atoms with Gasteiger partial charge in [-0.1, -0.05) is 38.0 Å². The molecule has 27 heavy (non-hydrogen) atoms. The SMILES string of the molecule is CC1CCCCC1NC(=O)COC(=O)c1c2c(nc3ccccc13)CCC2. The smallest absolute Gasteiger partial charge is 0.339 e. The van der Waals surface area contributed by atoms with E-state index in [1.54, 1.807) is 0 Å². The third kappa shape index (κ3) is 3.68. The van der Waals surface area contributed by atoms with Crippen LogP contribution in [0.15, 0.2) is 24.3 Å². The molecule has 4 rings (SSSR count). The van der Waals surface area contributed by atoms with E-state index < -0.39 is 5.97 Å². The molecule has 5 nitrogen and oxygen atoms in total. The maximum atomic E-state index is 12.8. The summed E-state index contributed by atoms with van der Waals surface area (Å²) in [6, 6.07) is 7.84. The summed E-state index contributed by atoms with van der Waals surface area (Å²) in [5.41, 5.74) is 3.37. The van der Waals surface area contributed by atoms with Gasteiger partial charge in [-0.2, -0.15) is 0 Å². The summed E-state index contributed by atoms with van der Waals surface area (Å²) in [6.07, 6.45) is 7.24. The normalized spacial score (nSPS) is 21.7. The fourth-order valence-electron chi connectivity index (χ4n) is 4.43. The van der Waals surface area contributed by atoms with Crippen molar-refractivity contribution >= 4 is 22.8 Å². The first kappa shape index (κ1) is 18.0. The van der Waals surface area contributed by atoms with Gasteiger partial charge in [0.05, 0.1) is 11.1 Å². The Bertz CT molecular complexity index is 877. The Balaban J connectivity index is 1.48. The van der Waals surface area contributed by atoms with E-state index in [1.165, 1.54) is 6.42 Å². The average molecular weight is 366 g/mol. The Hall–Kier alpha value is -2.43. The molecule has 1 amide bonds. The molecule has 1 N–H and O–H groups in total. The van der Waals surface area contributed by atoms with Gasteiger partial charge in [0.2, 0.25) is 0 Å². The van der Waals surface area contributed by atoms with Crippen molar-refractivity contribution in [2.75, 3.05) is 6.61 Å². The number of nitrogens with one attached hydrogen (secondary N) is 1. The highest BCUT2D eigenvalue weighted by atomic mass is 16.5. The monoisotopic (exact) mass is 366 g/mol. The van der Waals surface area contributed by atoms with E-state index in [1.807, 2.05) is 24.3 Å². The highest BCUT2D eigenvalue weighted by molar-refractivity contribution is 6.05. The molecule has 142 valence electrons. The van der Waals surface area contributed by atoms with Crippen LogP contribution in [-0.2, 0) is 22.4 Å². The molecule has 2 unspecified atom stereocenters. The molecule has 2 aliphatic carbocycles. The molecular formula is C22H26N2O3. The zero-order valence-corrected chi connectivity index (χ0v) is 15.8. The molecule has 0 saturated heterocycles. The van der Waals surface area contributed by atoms with E-state index in [9.17, 15) is 9.59 Å². The number of fused-ring (bicyclic) bond motifs is 2. The minimum absolute atomic E-state index is 0.191. The number of aryl methyl sites for hydroxylation is 1. The summed E-state index contributed by atoms with van der Waals surface area (Å²) in [6.45, 7) is 1.94. The zero-order chi connectivity index (χ0) is 18.8. The van der Waals surface area contributed by atoms with E-state index in [-0.39, 0.29) is 18.6 Å². The first-order valence-electron chi connectivity index (χ1n) is 10.0. The van der Waals surface area contributed by atoms with E-state index in [4.69, 9.17) is 9.72 Å². The fourth-order valence-corrected chi connectivity index (χ4v) is 4.43. The molecule has 0 spiro atoms. The number of benzene rings is 1. The molecule has 1 saturated carbocycles. The van der Waals surface area contributed by atoms with Crippen LogP contribution >= 0.6 is 0 Å². The van der Waals surface area contributed by atoms with Gasteiger partial charge in [0.25, 0.3) is 5.91 Å². The number of hydrogen-bond acceptors (Lipinski definition) is 4. The second-order valence-corrected chi connectivity index (χ2v) is 7.79. The number of ether oxygens (including phenoxy) is 1. The molecule has 1 fully saturated rings. The summed E-state index contributed by atoms with van der Waals surface area (Å²) in [5.74, 6) is -0.151. The van der Waals surface area contributed by atoms with Crippen molar-refractivity contribution in [1.82, 2.24) is 10.3 Å².